The van der Waals surface area contributed by atoms with Gasteiger partial charge in [-0.25, -0.2) is 0 Å². The van der Waals surface area contributed by atoms with Crippen LogP contribution in [0.25, 0.3) is 0 Å². The third-order valence-electron chi connectivity index (χ3n) is 3.02. The average molecular weight is 450 g/mol. The van der Waals surface area contributed by atoms with E-state index in [0.717, 1.165) is 12.0 Å². The highest BCUT2D eigenvalue weighted by atomic mass is 79.9. The Balaban J connectivity index is 0.000000668. The van der Waals surface area contributed by atoms with Crippen LogP contribution in [0.2, 0.25) is 0 Å². The molecule has 1 heterocycles. The summed E-state index contributed by atoms with van der Waals surface area (Å²) in [7, 11) is 1.74. The van der Waals surface area contributed by atoms with Crippen molar-refractivity contribution in [2.45, 2.75) is 32.5 Å². The number of nitrogens with zero attached hydrogens (tertiary/aromatic N) is 1. The Hall–Kier alpha value is -2.67. The third kappa shape index (κ3) is 11.9. The fraction of sp³-hybridized carbons (Fsp3) is 0.286. The summed E-state index contributed by atoms with van der Waals surface area (Å²) >= 11 is 3.38. The van der Waals surface area contributed by atoms with Crippen molar-refractivity contribution in [2.24, 2.45) is 5.10 Å². The molecule has 1 aromatic rings. The van der Waals surface area contributed by atoms with E-state index in [1.807, 2.05) is 38.1 Å². The van der Waals surface area contributed by atoms with Crippen LogP contribution in [-0.2, 0) is 9.59 Å². The summed E-state index contributed by atoms with van der Waals surface area (Å²) in [4.78, 5) is 22.8. The summed E-state index contributed by atoms with van der Waals surface area (Å²) in [6, 6.07) is 3.65. The lowest BCUT2D eigenvalue weighted by Gasteiger charge is -2.08. The van der Waals surface area contributed by atoms with Gasteiger partial charge < -0.3 is 15.2 Å². The Kier molecular flexibility index (Phi) is 13.9. The summed E-state index contributed by atoms with van der Waals surface area (Å²) in [5.74, 6) is 0.553. The van der Waals surface area contributed by atoms with Crippen molar-refractivity contribution < 1.29 is 14.0 Å². The Morgan fingerprint density at radius 3 is 2.54 bits per heavy atom. The minimum atomic E-state index is -0.201. The van der Waals surface area contributed by atoms with E-state index in [1.54, 1.807) is 51.6 Å². The van der Waals surface area contributed by atoms with Gasteiger partial charge in [-0.3, -0.25) is 9.59 Å². The molecule has 1 unspecified atom stereocenters. The zero-order valence-corrected chi connectivity index (χ0v) is 18.5. The molecule has 1 aromatic heterocycles. The van der Waals surface area contributed by atoms with Crippen LogP contribution in [0.5, 0.6) is 0 Å². The molecule has 0 fully saturated rings. The first-order valence-electron chi connectivity index (χ1n) is 8.70. The number of nitrogens with one attached hydrogen (secondary N) is 2. The van der Waals surface area contributed by atoms with Gasteiger partial charge in [-0.1, -0.05) is 40.2 Å². The summed E-state index contributed by atoms with van der Waals surface area (Å²) in [6.45, 7) is 7.28. The number of hydrazone groups is 1. The molecule has 7 heteroatoms. The number of aldehydes is 1. The van der Waals surface area contributed by atoms with Gasteiger partial charge in [0.1, 0.15) is 12.0 Å². The minimum Gasteiger partial charge on any atom is -0.463 e. The second-order valence-electron chi connectivity index (χ2n) is 5.50. The maximum Gasteiger partial charge on any atom is 0.255 e. The number of furan rings is 1. The number of allylic oxidation sites excluding steroid dienone is 5. The highest BCUT2D eigenvalue weighted by Crippen LogP contribution is 2.08. The van der Waals surface area contributed by atoms with Crippen molar-refractivity contribution in [3.8, 4) is 0 Å². The normalized spacial score (nSPS) is 13.9. The maximum absolute atomic E-state index is 12.1. The van der Waals surface area contributed by atoms with E-state index in [9.17, 15) is 9.59 Å². The van der Waals surface area contributed by atoms with Crippen molar-refractivity contribution in [3.63, 3.8) is 0 Å². The topological polar surface area (TPSA) is 83.7 Å². The standard InChI is InChI=1S/C15H20BrNO2.C6H8N2O/c1-5-7-13(9-12(4)16)15(19)17-14(6-2)8-11(3)10-18;1-7-8-5-6-3-2-4-9-6/h5-10,12H,1-4H3,(H,17,19);2-5,7H,1H3/b7-5-,11-8+,13-9+,14-6+;8-5+. The van der Waals surface area contributed by atoms with E-state index < -0.39 is 0 Å². The molecule has 6 nitrogen and oxygen atoms in total. The quantitative estimate of drug-likeness (QED) is 0.155. The zero-order valence-electron chi connectivity index (χ0n) is 16.9. The lowest BCUT2D eigenvalue weighted by atomic mass is 10.1. The van der Waals surface area contributed by atoms with Crippen LogP contribution in [0.1, 0.15) is 33.5 Å². The lowest BCUT2D eigenvalue weighted by molar-refractivity contribution is -0.116. The predicted molar refractivity (Wildman–Crippen MR) is 118 cm³/mol. The molecule has 28 heavy (non-hydrogen) atoms. The molecule has 0 radical (unpaired) electrons. The van der Waals surface area contributed by atoms with Crippen LogP contribution >= 0.6 is 15.9 Å². The summed E-state index contributed by atoms with van der Waals surface area (Å²) in [6.07, 6.45) is 12.7. The highest BCUT2D eigenvalue weighted by Gasteiger charge is 2.08. The van der Waals surface area contributed by atoms with Crippen LogP contribution in [0.3, 0.4) is 0 Å². The summed E-state index contributed by atoms with van der Waals surface area (Å²) in [5, 5.41) is 6.51. The van der Waals surface area contributed by atoms with Crippen molar-refractivity contribution in [1.82, 2.24) is 10.7 Å². The van der Waals surface area contributed by atoms with E-state index in [1.165, 1.54) is 0 Å². The van der Waals surface area contributed by atoms with Crippen LogP contribution in [0.4, 0.5) is 0 Å². The maximum atomic E-state index is 12.1. The third-order valence-corrected chi connectivity index (χ3v) is 3.28. The number of rotatable bonds is 8. The lowest BCUT2D eigenvalue weighted by Crippen LogP contribution is -2.23. The monoisotopic (exact) mass is 449 g/mol. The largest absolute Gasteiger partial charge is 0.463 e. The number of halogens is 1. The highest BCUT2D eigenvalue weighted by molar-refractivity contribution is 9.09. The molecule has 0 aliphatic heterocycles. The molecule has 152 valence electrons. The Labute approximate surface area is 175 Å². The summed E-state index contributed by atoms with van der Waals surface area (Å²) in [5.41, 5.74) is 4.35. The average Bonchev–Trinajstić information content (AvgIpc) is 3.18. The Morgan fingerprint density at radius 2 is 2.07 bits per heavy atom. The number of alkyl halides is 1. The molecular weight excluding hydrogens is 422 g/mol. The molecular formula is C21H28BrN3O3. The van der Waals surface area contributed by atoms with Gasteiger partial charge in [-0.2, -0.15) is 5.10 Å². The zero-order chi connectivity index (χ0) is 21.4. The van der Waals surface area contributed by atoms with E-state index in [2.05, 4.69) is 31.8 Å². The van der Waals surface area contributed by atoms with Gasteiger partial charge in [0.15, 0.2) is 0 Å². The molecule has 0 bridgehead atoms. The van der Waals surface area contributed by atoms with Gasteiger partial charge in [0, 0.05) is 23.1 Å². The molecule has 1 amide bonds. The molecule has 0 aromatic carbocycles. The number of hydrogen-bond donors (Lipinski definition) is 2. The fourth-order valence-electron chi connectivity index (χ4n) is 1.80. The molecule has 0 saturated carbocycles. The second kappa shape index (κ2) is 15.4. The van der Waals surface area contributed by atoms with Crippen LogP contribution < -0.4 is 10.7 Å². The SMILES string of the molecule is C/C=C\C(=C/C(C)Br)C(=O)NC(/C=C(\C)C=O)=C/C.CN/N=C/c1ccco1. The first-order chi connectivity index (χ1) is 13.4. The van der Waals surface area contributed by atoms with Gasteiger partial charge in [0.25, 0.3) is 5.91 Å². The van der Waals surface area contributed by atoms with Gasteiger partial charge in [-0.05, 0) is 51.5 Å². The molecule has 0 aliphatic carbocycles. The van der Waals surface area contributed by atoms with Crippen LogP contribution in [0.15, 0.2) is 75.1 Å². The molecule has 1 atom stereocenters. The Bertz CT molecular complexity index is 743. The second-order valence-corrected chi connectivity index (χ2v) is 6.95. The van der Waals surface area contributed by atoms with E-state index >= 15 is 0 Å². The molecule has 1 rings (SSSR count). The number of carbonyl (C=O) groups excluding carboxylic acids is 2. The van der Waals surface area contributed by atoms with Crippen LogP contribution in [-0.4, -0.2) is 30.3 Å². The van der Waals surface area contributed by atoms with Crippen molar-refractivity contribution in [2.75, 3.05) is 7.05 Å². The molecule has 0 spiro atoms. The first kappa shape index (κ1) is 25.3. The first-order valence-corrected chi connectivity index (χ1v) is 9.62. The number of carbonyl (C=O) groups is 2. The number of amides is 1. The molecule has 2 N–H and O–H groups in total. The summed E-state index contributed by atoms with van der Waals surface area (Å²) < 4.78 is 4.95. The minimum absolute atomic E-state index is 0.103. The van der Waals surface area contributed by atoms with Crippen molar-refractivity contribution in [1.29, 1.82) is 0 Å². The predicted octanol–water partition coefficient (Wildman–Crippen LogP) is 4.27. The van der Waals surface area contributed by atoms with E-state index in [-0.39, 0.29) is 10.7 Å². The van der Waals surface area contributed by atoms with Gasteiger partial charge in [0.2, 0.25) is 0 Å². The molecule has 0 saturated heterocycles. The van der Waals surface area contributed by atoms with Crippen molar-refractivity contribution >= 4 is 34.3 Å². The van der Waals surface area contributed by atoms with E-state index in [0.29, 0.717) is 16.8 Å². The smallest absolute Gasteiger partial charge is 0.255 e. The molecule has 0 aliphatic rings. The van der Waals surface area contributed by atoms with Crippen LogP contribution in [0, 0.1) is 0 Å². The van der Waals surface area contributed by atoms with Gasteiger partial charge in [-0.15, -0.1) is 0 Å². The van der Waals surface area contributed by atoms with Gasteiger partial charge in [0.05, 0.1) is 12.5 Å². The Morgan fingerprint density at radius 1 is 1.36 bits per heavy atom. The van der Waals surface area contributed by atoms with E-state index in [4.69, 9.17) is 4.42 Å². The van der Waals surface area contributed by atoms with Gasteiger partial charge >= 0.3 is 0 Å². The fourth-order valence-corrected chi connectivity index (χ4v) is 2.09. The number of hydrogen-bond acceptors (Lipinski definition) is 5. The van der Waals surface area contributed by atoms with Crippen molar-refractivity contribution in [3.05, 3.63) is 71.4 Å².